The van der Waals surface area contributed by atoms with Gasteiger partial charge in [-0.15, -0.1) is 0 Å². The summed E-state index contributed by atoms with van der Waals surface area (Å²) < 4.78 is 21.2. The van der Waals surface area contributed by atoms with Gasteiger partial charge in [0.15, 0.2) is 0 Å². The van der Waals surface area contributed by atoms with Crippen LogP contribution in [0.25, 0.3) is 11.1 Å². The predicted octanol–water partition coefficient (Wildman–Crippen LogP) is 5.00. The van der Waals surface area contributed by atoms with E-state index in [0.29, 0.717) is 41.1 Å². The third-order valence-electron chi connectivity index (χ3n) is 9.01. The number of halogens is 2. The van der Waals surface area contributed by atoms with Gasteiger partial charge in [0, 0.05) is 59.7 Å². The molecule has 1 saturated carbocycles. The Balaban J connectivity index is 1.04. The molecule has 1 aliphatic carbocycles. The Morgan fingerprint density at radius 2 is 2.10 bits per heavy atom. The van der Waals surface area contributed by atoms with Crippen LogP contribution in [0.15, 0.2) is 47.5 Å². The first-order valence-electron chi connectivity index (χ1n) is 13.4. The molecule has 3 aromatic rings. The Bertz CT molecular complexity index is 1520. The Hall–Kier alpha value is -3.43. The number of carbonyl (C=O) groups is 1. The van der Waals surface area contributed by atoms with E-state index in [0.717, 1.165) is 30.5 Å². The van der Waals surface area contributed by atoms with E-state index in [9.17, 15) is 9.59 Å². The van der Waals surface area contributed by atoms with Gasteiger partial charge < -0.3 is 24.8 Å². The number of fused-ring (bicyclic) bond motifs is 5. The average Bonchev–Trinajstić information content (AvgIpc) is 3.51. The van der Waals surface area contributed by atoms with Crippen LogP contribution in [0.1, 0.15) is 42.9 Å². The number of carbonyl (C=O) groups excluding carboxylic acids is 1. The number of ether oxygens (including phenoxy) is 1. The van der Waals surface area contributed by atoms with Crippen molar-refractivity contribution in [3.63, 3.8) is 0 Å². The van der Waals surface area contributed by atoms with Crippen LogP contribution in [0.4, 0.5) is 14.9 Å². The Labute approximate surface area is 230 Å². The molecule has 8 nitrogen and oxygen atoms in total. The zero-order valence-electron chi connectivity index (χ0n) is 21.5. The van der Waals surface area contributed by atoms with Crippen molar-refractivity contribution in [3.8, 4) is 17.0 Å². The Kier molecular flexibility index (Phi) is 5.72. The molecule has 202 valence electrons. The Morgan fingerprint density at radius 1 is 1.26 bits per heavy atom. The van der Waals surface area contributed by atoms with Crippen LogP contribution in [-0.4, -0.2) is 58.1 Å². The van der Waals surface area contributed by atoms with Crippen molar-refractivity contribution >= 4 is 23.3 Å². The minimum atomic E-state index is -0.582. The largest absolute Gasteiger partial charge is 0.477 e. The number of rotatable bonds is 5. The number of hydrogen-bond donors (Lipinski definition) is 2. The molecular formula is C29H29ClFN5O3. The predicted molar refractivity (Wildman–Crippen MR) is 146 cm³/mol. The number of nitrogens with zero attached hydrogens (tertiary/aromatic N) is 3. The highest BCUT2D eigenvalue weighted by atomic mass is 35.5. The van der Waals surface area contributed by atoms with Crippen LogP contribution >= 0.6 is 11.6 Å². The first-order valence-corrected chi connectivity index (χ1v) is 13.8. The molecular weight excluding hydrogens is 521 g/mol. The molecule has 0 radical (unpaired) electrons. The lowest BCUT2D eigenvalue weighted by atomic mass is 9.71. The molecule has 1 aromatic carbocycles. The van der Waals surface area contributed by atoms with Crippen LogP contribution in [0.3, 0.4) is 0 Å². The van der Waals surface area contributed by atoms with Crippen molar-refractivity contribution in [2.75, 3.05) is 25.5 Å². The van der Waals surface area contributed by atoms with E-state index in [2.05, 4.69) is 27.2 Å². The van der Waals surface area contributed by atoms with Gasteiger partial charge in [-0.3, -0.25) is 4.79 Å². The number of pyridine rings is 2. The number of aromatic nitrogens is 2. The zero-order chi connectivity index (χ0) is 26.9. The summed E-state index contributed by atoms with van der Waals surface area (Å²) in [4.78, 5) is 36.3. The van der Waals surface area contributed by atoms with Gasteiger partial charge in [-0.2, -0.15) is 0 Å². The number of nitrogens with one attached hydrogen (secondary N) is 2. The number of hydrogen-bond acceptors (Lipinski definition) is 5. The normalized spacial score (nSPS) is 26.7. The summed E-state index contributed by atoms with van der Waals surface area (Å²) in [7, 11) is 2.16. The second kappa shape index (κ2) is 9.06. The quantitative estimate of drug-likeness (QED) is 0.467. The molecule has 4 aliphatic heterocycles. The number of aromatic amines is 1. The van der Waals surface area contributed by atoms with Crippen LogP contribution in [-0.2, 0) is 6.42 Å². The summed E-state index contributed by atoms with van der Waals surface area (Å²) in [6.45, 7) is 1.70. The fraction of sp³-hybridized carbons (Fsp3) is 0.414. The molecule has 0 unspecified atom stereocenters. The second-order valence-corrected chi connectivity index (χ2v) is 11.9. The average molecular weight is 550 g/mol. The van der Waals surface area contributed by atoms with E-state index in [4.69, 9.17) is 16.3 Å². The minimum Gasteiger partial charge on any atom is -0.477 e. The molecule has 4 bridgehead atoms. The van der Waals surface area contributed by atoms with E-state index in [-0.39, 0.29) is 34.8 Å². The zero-order valence-corrected chi connectivity index (χ0v) is 22.3. The second-order valence-electron chi connectivity index (χ2n) is 11.5. The highest BCUT2D eigenvalue weighted by Gasteiger charge is 2.54. The smallest absolute Gasteiger partial charge is 0.322 e. The van der Waals surface area contributed by atoms with Gasteiger partial charge in [0.1, 0.15) is 5.82 Å². The van der Waals surface area contributed by atoms with E-state index in [1.165, 1.54) is 25.0 Å². The van der Waals surface area contributed by atoms with Crippen LogP contribution in [0, 0.1) is 11.2 Å². The van der Waals surface area contributed by atoms with E-state index >= 15 is 4.39 Å². The molecule has 2 amide bonds. The topological polar surface area (TPSA) is 90.6 Å². The minimum absolute atomic E-state index is 0.0212. The number of amides is 2. The lowest BCUT2D eigenvalue weighted by Gasteiger charge is -2.36. The van der Waals surface area contributed by atoms with Crippen molar-refractivity contribution < 1.29 is 13.9 Å². The highest BCUT2D eigenvalue weighted by Crippen LogP contribution is 2.51. The molecule has 8 rings (SSSR count). The summed E-state index contributed by atoms with van der Waals surface area (Å²) in [6.07, 6.45) is 7.90. The molecule has 3 saturated heterocycles. The van der Waals surface area contributed by atoms with E-state index in [1.54, 1.807) is 29.4 Å². The molecule has 2 N–H and O–H groups in total. The van der Waals surface area contributed by atoms with Crippen LogP contribution in [0.5, 0.6) is 5.88 Å². The monoisotopic (exact) mass is 549 g/mol. The van der Waals surface area contributed by atoms with Gasteiger partial charge in [-0.1, -0.05) is 11.6 Å². The maximum Gasteiger partial charge on any atom is 0.322 e. The molecule has 2 aromatic heterocycles. The lowest BCUT2D eigenvalue weighted by molar-refractivity contribution is 0.0961. The van der Waals surface area contributed by atoms with Crippen molar-refractivity contribution in [2.45, 2.75) is 50.2 Å². The van der Waals surface area contributed by atoms with Gasteiger partial charge in [-0.25, -0.2) is 14.2 Å². The van der Waals surface area contributed by atoms with Crippen LogP contribution in [0.2, 0.25) is 5.02 Å². The lowest BCUT2D eigenvalue weighted by Crippen LogP contribution is -2.44. The van der Waals surface area contributed by atoms with Gasteiger partial charge in [0.25, 0.3) is 0 Å². The molecule has 0 spiro atoms. The number of urea groups is 1. The number of benzene rings is 1. The number of H-pyrrole nitrogens is 1. The molecule has 2 atom stereocenters. The fourth-order valence-electron chi connectivity index (χ4n) is 7.06. The van der Waals surface area contributed by atoms with Gasteiger partial charge >= 0.3 is 6.03 Å². The summed E-state index contributed by atoms with van der Waals surface area (Å²) in [5, 5.41) is 3.03. The van der Waals surface area contributed by atoms with Crippen LogP contribution < -0.4 is 15.6 Å². The Morgan fingerprint density at radius 3 is 2.85 bits per heavy atom. The van der Waals surface area contributed by atoms with E-state index < -0.39 is 5.82 Å². The summed E-state index contributed by atoms with van der Waals surface area (Å²) >= 11 is 6.55. The van der Waals surface area contributed by atoms with Gasteiger partial charge in [-0.05, 0) is 68.5 Å². The fourth-order valence-corrected chi connectivity index (χ4v) is 7.33. The van der Waals surface area contributed by atoms with Gasteiger partial charge in [0.2, 0.25) is 11.4 Å². The molecule has 39 heavy (non-hydrogen) atoms. The first-order chi connectivity index (χ1) is 18.8. The maximum absolute atomic E-state index is 15.2. The van der Waals surface area contributed by atoms with Crippen molar-refractivity contribution in [3.05, 3.63) is 75.0 Å². The molecule has 6 heterocycles. The van der Waals surface area contributed by atoms with E-state index in [1.807, 2.05) is 6.07 Å². The summed E-state index contributed by atoms with van der Waals surface area (Å²) in [5.74, 6) is -0.0467. The maximum atomic E-state index is 15.2. The van der Waals surface area contributed by atoms with Crippen molar-refractivity contribution in [1.29, 1.82) is 0 Å². The van der Waals surface area contributed by atoms with Crippen molar-refractivity contribution in [2.24, 2.45) is 5.41 Å². The highest BCUT2D eigenvalue weighted by molar-refractivity contribution is 6.33. The SMILES string of the molecule is CN1CC2(COc3ccc(-c4cc(F)c(NC(=O)N5[C@H]6CC[C@@H]5c5c[nH]c(=O)cc5C6)cc4Cl)cn3)CC1C2. The molecule has 5 aliphatic rings. The molecule has 4 fully saturated rings. The third kappa shape index (κ3) is 4.19. The van der Waals surface area contributed by atoms with Crippen molar-refractivity contribution in [1.82, 2.24) is 19.8 Å². The summed E-state index contributed by atoms with van der Waals surface area (Å²) in [5.41, 5.74) is 3.18. The molecule has 10 heteroatoms. The standard InChI is InChI=1S/C29H29ClFN5O3/c1-35-14-29(10-19(35)11-29)15-39-27-5-2-16(12-33-27)20-8-23(31)24(9-22(20)30)34-28(38)36-18-3-4-25(36)21-13-32-26(37)7-17(21)6-18/h2,5,7-9,12-13,18-19,25H,3-4,6,10-11,14-15H2,1H3,(H,32,37)(H,34,38)/t18-,19?,25+,29?/m0/s1. The first kappa shape index (κ1) is 24.6. The van der Waals surface area contributed by atoms with Gasteiger partial charge in [0.05, 0.1) is 23.4 Å². The summed E-state index contributed by atoms with van der Waals surface area (Å²) in [6, 6.07) is 8.09. The number of anilines is 1. The third-order valence-corrected chi connectivity index (χ3v) is 9.33.